The number of hydrogen-bond acceptors (Lipinski definition) is 7. The van der Waals surface area contributed by atoms with Gasteiger partial charge in [-0.15, -0.1) is 11.3 Å². The van der Waals surface area contributed by atoms with E-state index in [0.29, 0.717) is 23.9 Å². The minimum atomic E-state index is -0.480. The molecular formula is C17H21N3O4S2. The van der Waals surface area contributed by atoms with Gasteiger partial charge in [-0.05, 0) is 39.7 Å². The molecule has 1 aliphatic rings. The Labute approximate surface area is 159 Å². The first kappa shape index (κ1) is 18.9. The quantitative estimate of drug-likeness (QED) is 0.553. The van der Waals surface area contributed by atoms with E-state index in [1.807, 2.05) is 20.8 Å². The number of nitro groups is 1. The molecule has 1 aromatic carbocycles. The van der Waals surface area contributed by atoms with Crippen LogP contribution in [0.4, 0.5) is 10.5 Å². The van der Waals surface area contributed by atoms with Gasteiger partial charge in [-0.2, -0.15) is 0 Å². The molecule has 0 radical (unpaired) electrons. The largest absolute Gasteiger partial charge is 0.444 e. The van der Waals surface area contributed by atoms with Crippen LogP contribution in [0.15, 0.2) is 22.5 Å². The summed E-state index contributed by atoms with van der Waals surface area (Å²) in [6.45, 7) is 6.94. The highest BCUT2D eigenvalue weighted by Crippen LogP contribution is 2.36. The maximum Gasteiger partial charge on any atom is 0.410 e. The molecule has 9 heteroatoms. The van der Waals surface area contributed by atoms with Gasteiger partial charge in [0.2, 0.25) is 0 Å². The highest BCUT2D eigenvalue weighted by Gasteiger charge is 2.27. The lowest BCUT2D eigenvalue weighted by molar-refractivity contribution is -0.384. The van der Waals surface area contributed by atoms with Crippen LogP contribution in [0, 0.1) is 10.1 Å². The predicted molar refractivity (Wildman–Crippen MR) is 103 cm³/mol. The molecule has 0 N–H and O–H groups in total. The van der Waals surface area contributed by atoms with Crippen LogP contribution in [0.2, 0.25) is 0 Å². The van der Waals surface area contributed by atoms with Gasteiger partial charge in [0.05, 0.1) is 15.1 Å². The zero-order valence-electron chi connectivity index (χ0n) is 14.9. The summed E-state index contributed by atoms with van der Waals surface area (Å²) in [5, 5.41) is 11.3. The number of carbonyl (C=O) groups is 1. The van der Waals surface area contributed by atoms with Crippen molar-refractivity contribution in [1.29, 1.82) is 0 Å². The average Bonchev–Trinajstić information content (AvgIpc) is 2.95. The molecule has 1 saturated heterocycles. The zero-order valence-corrected chi connectivity index (χ0v) is 16.6. The number of nitrogens with zero attached hydrogens (tertiary/aromatic N) is 3. The SMILES string of the molecule is CC(C)(C)OC(=O)N1CCC(Sc2nc3cc([N+](=O)[O-])ccc3s2)CC1. The Hall–Kier alpha value is -1.87. The van der Waals surface area contributed by atoms with Gasteiger partial charge in [0.25, 0.3) is 5.69 Å². The van der Waals surface area contributed by atoms with E-state index in [9.17, 15) is 14.9 Å². The summed E-state index contributed by atoms with van der Waals surface area (Å²) in [5.41, 5.74) is 0.245. The Morgan fingerprint density at radius 1 is 1.38 bits per heavy atom. The minimum Gasteiger partial charge on any atom is -0.444 e. The number of thiazole rings is 1. The summed E-state index contributed by atoms with van der Waals surface area (Å²) in [4.78, 5) is 28.9. The molecule has 1 aromatic heterocycles. The summed E-state index contributed by atoms with van der Waals surface area (Å²) < 4.78 is 7.28. The lowest BCUT2D eigenvalue weighted by Gasteiger charge is -2.32. The molecule has 0 aliphatic carbocycles. The van der Waals surface area contributed by atoms with E-state index >= 15 is 0 Å². The van der Waals surface area contributed by atoms with Gasteiger partial charge in [-0.3, -0.25) is 10.1 Å². The Kier molecular flexibility index (Phi) is 5.38. The summed E-state index contributed by atoms with van der Waals surface area (Å²) in [6, 6.07) is 4.77. The molecule has 2 heterocycles. The molecule has 2 aromatic rings. The number of fused-ring (bicyclic) bond motifs is 1. The fourth-order valence-electron chi connectivity index (χ4n) is 2.68. The lowest BCUT2D eigenvalue weighted by atomic mass is 10.1. The second kappa shape index (κ2) is 7.40. The van der Waals surface area contributed by atoms with Gasteiger partial charge in [0, 0.05) is 30.5 Å². The highest BCUT2D eigenvalue weighted by atomic mass is 32.2. The van der Waals surface area contributed by atoms with E-state index < -0.39 is 10.5 Å². The van der Waals surface area contributed by atoms with E-state index in [-0.39, 0.29) is 11.8 Å². The third kappa shape index (κ3) is 4.64. The molecule has 0 spiro atoms. The Morgan fingerprint density at radius 2 is 2.08 bits per heavy atom. The lowest BCUT2D eigenvalue weighted by Crippen LogP contribution is -2.42. The summed E-state index contributed by atoms with van der Waals surface area (Å²) in [7, 11) is 0. The van der Waals surface area contributed by atoms with E-state index in [0.717, 1.165) is 21.9 Å². The van der Waals surface area contributed by atoms with Crippen molar-refractivity contribution in [1.82, 2.24) is 9.88 Å². The topological polar surface area (TPSA) is 85.6 Å². The molecule has 0 bridgehead atoms. The summed E-state index contributed by atoms with van der Waals surface area (Å²) in [6.07, 6.45) is 1.49. The number of thioether (sulfide) groups is 1. The first-order valence-corrected chi connectivity index (χ1v) is 10.1. The van der Waals surface area contributed by atoms with E-state index in [2.05, 4.69) is 4.98 Å². The van der Waals surface area contributed by atoms with Gasteiger partial charge in [-0.25, -0.2) is 9.78 Å². The third-order valence-electron chi connectivity index (χ3n) is 3.92. The molecule has 0 unspecified atom stereocenters. The number of aromatic nitrogens is 1. The maximum absolute atomic E-state index is 12.1. The molecular weight excluding hydrogens is 374 g/mol. The molecule has 1 amide bonds. The van der Waals surface area contributed by atoms with Crippen LogP contribution < -0.4 is 0 Å². The number of piperidine rings is 1. The first-order valence-electron chi connectivity index (χ1n) is 8.41. The number of nitro benzene ring substituents is 1. The number of hydrogen-bond donors (Lipinski definition) is 0. The van der Waals surface area contributed by atoms with Gasteiger partial charge in [0.1, 0.15) is 5.60 Å². The van der Waals surface area contributed by atoms with Crippen LogP contribution in [0.5, 0.6) is 0 Å². The van der Waals surface area contributed by atoms with E-state index in [1.54, 1.807) is 34.1 Å². The van der Waals surface area contributed by atoms with Crippen molar-refractivity contribution in [2.24, 2.45) is 0 Å². The summed E-state index contributed by atoms with van der Waals surface area (Å²) in [5.74, 6) is 0. The Morgan fingerprint density at radius 3 is 2.69 bits per heavy atom. The Bertz CT molecular complexity index is 823. The molecule has 7 nitrogen and oxygen atoms in total. The van der Waals surface area contributed by atoms with Gasteiger partial charge < -0.3 is 9.64 Å². The second-order valence-corrected chi connectivity index (χ2v) is 9.75. The number of benzene rings is 1. The normalized spacial score (nSPS) is 16.0. The monoisotopic (exact) mass is 395 g/mol. The fourth-order valence-corrected chi connectivity index (χ4v) is 5.11. The molecule has 3 rings (SSSR count). The summed E-state index contributed by atoms with van der Waals surface area (Å²) >= 11 is 3.24. The van der Waals surface area contributed by atoms with Crippen LogP contribution in [0.3, 0.4) is 0 Å². The molecule has 0 atom stereocenters. The van der Waals surface area contributed by atoms with Crippen molar-refractivity contribution in [3.05, 3.63) is 28.3 Å². The number of carbonyl (C=O) groups excluding carboxylic acids is 1. The number of non-ortho nitro benzene ring substituents is 1. The molecule has 0 saturated carbocycles. The molecule has 26 heavy (non-hydrogen) atoms. The van der Waals surface area contributed by atoms with Crippen molar-refractivity contribution in [2.75, 3.05) is 13.1 Å². The third-order valence-corrected chi connectivity index (χ3v) is 6.39. The predicted octanol–water partition coefficient (Wildman–Crippen LogP) is 4.70. The number of amides is 1. The van der Waals surface area contributed by atoms with Crippen molar-refractivity contribution in [3.8, 4) is 0 Å². The second-order valence-electron chi connectivity index (χ2n) is 7.17. The van der Waals surface area contributed by atoms with Crippen molar-refractivity contribution >= 4 is 45.1 Å². The smallest absolute Gasteiger partial charge is 0.410 e. The molecule has 1 fully saturated rings. The number of rotatable bonds is 3. The zero-order chi connectivity index (χ0) is 18.9. The van der Waals surface area contributed by atoms with Crippen molar-refractivity contribution in [3.63, 3.8) is 0 Å². The van der Waals surface area contributed by atoms with Crippen LogP contribution in [-0.4, -0.2) is 44.8 Å². The van der Waals surface area contributed by atoms with Gasteiger partial charge >= 0.3 is 6.09 Å². The standard InChI is InChI=1S/C17H21N3O4S2/c1-17(2,3)24-16(21)19-8-6-12(7-9-19)25-15-18-13-10-11(20(22)23)4-5-14(13)26-15/h4-5,10,12H,6-9H2,1-3H3. The number of ether oxygens (including phenoxy) is 1. The molecule has 1 aliphatic heterocycles. The Balaban J connectivity index is 1.58. The van der Waals surface area contributed by atoms with Gasteiger partial charge in [-0.1, -0.05) is 11.8 Å². The fraction of sp³-hybridized carbons (Fsp3) is 0.529. The average molecular weight is 396 g/mol. The van der Waals surface area contributed by atoms with Crippen LogP contribution >= 0.6 is 23.1 Å². The maximum atomic E-state index is 12.1. The minimum absolute atomic E-state index is 0.0602. The van der Waals surface area contributed by atoms with Crippen molar-refractivity contribution in [2.45, 2.75) is 48.8 Å². The van der Waals surface area contributed by atoms with Crippen LogP contribution in [-0.2, 0) is 4.74 Å². The van der Waals surface area contributed by atoms with Crippen LogP contribution in [0.25, 0.3) is 10.2 Å². The van der Waals surface area contributed by atoms with E-state index in [4.69, 9.17) is 4.74 Å². The van der Waals surface area contributed by atoms with Crippen molar-refractivity contribution < 1.29 is 14.5 Å². The van der Waals surface area contributed by atoms with Gasteiger partial charge in [0.15, 0.2) is 4.34 Å². The van der Waals surface area contributed by atoms with E-state index in [1.165, 1.54) is 12.1 Å². The first-order chi connectivity index (χ1) is 12.2. The van der Waals surface area contributed by atoms with Crippen LogP contribution in [0.1, 0.15) is 33.6 Å². The molecule has 140 valence electrons. The number of likely N-dealkylation sites (tertiary alicyclic amines) is 1. The highest BCUT2D eigenvalue weighted by molar-refractivity contribution is 8.01.